The van der Waals surface area contributed by atoms with E-state index in [2.05, 4.69) is 5.32 Å². The highest BCUT2D eigenvalue weighted by Gasteiger charge is 2.49. The number of nitrogens with zero attached hydrogens (tertiary/aromatic N) is 1. The van der Waals surface area contributed by atoms with Gasteiger partial charge in [0.15, 0.2) is 0 Å². The molecule has 0 aliphatic carbocycles. The number of ether oxygens (including phenoxy) is 1. The molecular weight excluding hydrogens is 401 g/mol. The average Bonchev–Trinajstić information content (AvgIpc) is 2.94. The van der Waals surface area contributed by atoms with Crippen LogP contribution in [0.5, 0.6) is 0 Å². The van der Waals surface area contributed by atoms with Crippen molar-refractivity contribution in [2.24, 2.45) is 0 Å². The lowest BCUT2D eigenvalue weighted by atomic mass is 10.2. The van der Waals surface area contributed by atoms with Crippen LogP contribution >= 0.6 is 11.6 Å². The average molecular weight is 415 g/mol. The minimum atomic E-state index is -2.44. The Morgan fingerprint density at radius 3 is 2.50 bits per heavy atom. The lowest BCUT2D eigenvalue weighted by Crippen LogP contribution is -2.46. The van der Waals surface area contributed by atoms with Gasteiger partial charge in [0.05, 0.1) is 11.6 Å². The first-order valence-corrected chi connectivity index (χ1v) is 8.48. The summed E-state index contributed by atoms with van der Waals surface area (Å²) >= 11 is 5.66. The highest BCUT2D eigenvalue weighted by molar-refractivity contribution is 6.31. The maximum Gasteiger partial charge on any atom is 0.410 e. The number of alkyl carbamates (subject to hydrolysis) is 1. The summed E-state index contributed by atoms with van der Waals surface area (Å²) in [6, 6.07) is 6.65. The number of anilines is 1. The number of benzene rings is 2. The molecule has 0 saturated carbocycles. The van der Waals surface area contributed by atoms with E-state index in [0.717, 1.165) is 29.2 Å². The fourth-order valence-corrected chi connectivity index (χ4v) is 2.95. The van der Waals surface area contributed by atoms with Crippen LogP contribution in [0.1, 0.15) is 12.0 Å². The third-order valence-corrected chi connectivity index (χ3v) is 4.61. The minimum absolute atomic E-state index is 0.0264. The predicted molar refractivity (Wildman–Crippen MR) is 93.0 cm³/mol. The van der Waals surface area contributed by atoms with Crippen molar-refractivity contribution in [3.8, 4) is 0 Å². The number of hydrogen-bond acceptors (Lipinski definition) is 4. The van der Waals surface area contributed by atoms with Crippen LogP contribution in [0.15, 0.2) is 36.4 Å². The van der Waals surface area contributed by atoms with E-state index < -0.39 is 46.8 Å². The quantitative estimate of drug-likeness (QED) is 0.595. The van der Waals surface area contributed by atoms with E-state index in [0.29, 0.717) is 5.69 Å². The van der Waals surface area contributed by atoms with E-state index in [1.807, 2.05) is 0 Å². The summed E-state index contributed by atoms with van der Waals surface area (Å²) in [5, 5.41) is 12.0. The van der Waals surface area contributed by atoms with Gasteiger partial charge in [0, 0.05) is 24.2 Å². The van der Waals surface area contributed by atoms with Crippen molar-refractivity contribution in [3.63, 3.8) is 0 Å². The second kappa shape index (κ2) is 7.69. The number of carbonyl (C=O) groups excluding carboxylic acids is 2. The summed E-state index contributed by atoms with van der Waals surface area (Å²) < 4.78 is 44.9. The molecule has 0 radical (unpaired) electrons. The fourth-order valence-electron chi connectivity index (χ4n) is 2.73. The van der Waals surface area contributed by atoms with Crippen molar-refractivity contribution in [2.75, 3.05) is 11.4 Å². The molecule has 6 nitrogen and oxygen atoms in total. The molecule has 2 N–H and O–H groups in total. The number of hydrogen-bond donors (Lipinski definition) is 2. The fraction of sp³-hybridized carbons (Fsp3) is 0.222. The number of aliphatic hydroxyl groups is 1. The van der Waals surface area contributed by atoms with Crippen LogP contribution in [0.4, 0.5) is 23.7 Å². The third-order valence-electron chi connectivity index (χ3n) is 4.20. The maximum absolute atomic E-state index is 13.7. The second-order valence-corrected chi connectivity index (χ2v) is 6.41. The lowest BCUT2D eigenvalue weighted by molar-refractivity contribution is -0.175. The summed E-state index contributed by atoms with van der Waals surface area (Å²) in [6.07, 6.45) is -1.46. The van der Waals surface area contributed by atoms with E-state index in [-0.39, 0.29) is 18.5 Å². The van der Waals surface area contributed by atoms with Crippen LogP contribution in [0, 0.1) is 17.5 Å². The Bertz CT molecular complexity index is 926. The molecule has 1 aliphatic rings. The molecule has 2 amide bonds. The summed E-state index contributed by atoms with van der Waals surface area (Å²) in [7, 11) is 0. The zero-order chi connectivity index (χ0) is 20.5. The monoisotopic (exact) mass is 414 g/mol. The van der Waals surface area contributed by atoms with E-state index in [4.69, 9.17) is 16.3 Å². The third kappa shape index (κ3) is 3.90. The molecular formula is C18H14ClF3N2O4. The molecule has 0 spiro atoms. The topological polar surface area (TPSA) is 78.9 Å². The predicted octanol–water partition coefficient (Wildman–Crippen LogP) is 3.11. The summed E-state index contributed by atoms with van der Waals surface area (Å²) in [5.74, 6) is -5.56. The van der Waals surface area contributed by atoms with E-state index in [1.54, 1.807) is 0 Å². The Balaban J connectivity index is 1.65. The smallest absolute Gasteiger partial charge is 0.407 e. The van der Waals surface area contributed by atoms with Crippen LogP contribution in [-0.2, 0) is 16.1 Å². The van der Waals surface area contributed by atoms with Gasteiger partial charge in [-0.2, -0.15) is 0 Å². The van der Waals surface area contributed by atoms with Gasteiger partial charge < -0.3 is 20.1 Å². The molecule has 148 valence electrons. The molecule has 0 bridgehead atoms. The van der Waals surface area contributed by atoms with Crippen molar-refractivity contribution in [1.82, 2.24) is 5.32 Å². The normalized spacial score (nSPS) is 19.0. The van der Waals surface area contributed by atoms with E-state index in [1.165, 1.54) is 12.1 Å². The molecule has 2 aromatic rings. The van der Waals surface area contributed by atoms with Gasteiger partial charge in [-0.05, 0) is 36.4 Å². The van der Waals surface area contributed by atoms with Crippen molar-refractivity contribution in [3.05, 3.63) is 64.4 Å². The minimum Gasteiger partial charge on any atom is -0.407 e. The van der Waals surface area contributed by atoms with Crippen LogP contribution in [0.25, 0.3) is 0 Å². The van der Waals surface area contributed by atoms with Gasteiger partial charge >= 0.3 is 6.09 Å². The number of halogens is 4. The first kappa shape index (κ1) is 20.0. The summed E-state index contributed by atoms with van der Waals surface area (Å²) in [5.41, 5.74) is 0.0104. The molecule has 1 aliphatic heterocycles. The Morgan fingerprint density at radius 2 is 1.82 bits per heavy atom. The second-order valence-electron chi connectivity index (χ2n) is 6.03. The Morgan fingerprint density at radius 1 is 1.18 bits per heavy atom. The van der Waals surface area contributed by atoms with Crippen molar-refractivity contribution in [2.45, 2.75) is 18.8 Å². The first-order valence-electron chi connectivity index (χ1n) is 8.10. The maximum atomic E-state index is 13.7. The molecule has 1 atom stereocenters. The standard InChI is InChI=1S/C18H14ClF3N2O4/c19-15-12(13(21)5-6-14(15)22)9-23-17(26)28-18(27)7-8-24(16(18)25)11-3-1-10(20)2-4-11/h1-6,27H,7-9H2,(H,23,26)/t18-/m0/s1. The van der Waals surface area contributed by atoms with Crippen molar-refractivity contribution < 1.29 is 32.6 Å². The molecule has 2 aromatic carbocycles. The highest BCUT2D eigenvalue weighted by Crippen LogP contribution is 2.29. The molecule has 0 unspecified atom stereocenters. The molecule has 1 fully saturated rings. The number of rotatable bonds is 4. The highest BCUT2D eigenvalue weighted by atomic mass is 35.5. The first-order chi connectivity index (χ1) is 13.2. The Hall–Kier alpha value is -2.78. The number of amides is 2. The number of carbonyl (C=O) groups is 2. The molecule has 28 heavy (non-hydrogen) atoms. The largest absolute Gasteiger partial charge is 0.410 e. The van der Waals surface area contributed by atoms with Crippen LogP contribution in [-0.4, -0.2) is 29.4 Å². The molecule has 0 aromatic heterocycles. The SMILES string of the molecule is O=C(NCc1c(F)ccc(F)c1Cl)O[C@@]1(O)CCN(c2ccc(F)cc2)C1=O. The lowest BCUT2D eigenvalue weighted by Gasteiger charge is -2.22. The van der Waals surface area contributed by atoms with Crippen LogP contribution in [0.3, 0.4) is 0 Å². The summed E-state index contributed by atoms with van der Waals surface area (Å²) in [6.45, 7) is -0.494. The molecule has 1 heterocycles. The Labute approximate surface area is 162 Å². The van der Waals surface area contributed by atoms with Crippen LogP contribution in [0.2, 0.25) is 5.02 Å². The van der Waals surface area contributed by atoms with Gasteiger partial charge in [0.1, 0.15) is 17.5 Å². The van der Waals surface area contributed by atoms with Gasteiger partial charge in [-0.15, -0.1) is 0 Å². The summed E-state index contributed by atoms with van der Waals surface area (Å²) in [4.78, 5) is 25.5. The van der Waals surface area contributed by atoms with Gasteiger partial charge in [0.25, 0.3) is 11.7 Å². The number of nitrogens with one attached hydrogen (secondary N) is 1. The Kier molecular flexibility index (Phi) is 5.48. The van der Waals surface area contributed by atoms with E-state index >= 15 is 0 Å². The van der Waals surface area contributed by atoms with Gasteiger partial charge in [-0.1, -0.05) is 11.6 Å². The zero-order valence-electron chi connectivity index (χ0n) is 14.2. The van der Waals surface area contributed by atoms with E-state index in [9.17, 15) is 27.9 Å². The van der Waals surface area contributed by atoms with Crippen LogP contribution < -0.4 is 10.2 Å². The zero-order valence-corrected chi connectivity index (χ0v) is 15.0. The molecule has 3 rings (SSSR count). The molecule has 10 heteroatoms. The van der Waals surface area contributed by atoms with Crippen molar-refractivity contribution in [1.29, 1.82) is 0 Å². The molecule has 1 saturated heterocycles. The van der Waals surface area contributed by atoms with Crippen molar-refractivity contribution >= 4 is 29.3 Å². The van der Waals surface area contributed by atoms with Gasteiger partial charge in [0.2, 0.25) is 0 Å². The van der Waals surface area contributed by atoms with Gasteiger partial charge in [-0.3, -0.25) is 4.79 Å². The van der Waals surface area contributed by atoms with Gasteiger partial charge in [-0.25, -0.2) is 18.0 Å².